The molecule has 3 nitrogen and oxygen atoms in total. The van der Waals surface area contributed by atoms with Crippen molar-refractivity contribution < 1.29 is 0 Å². The minimum atomic E-state index is -0.523. The number of hydrogen-bond donors (Lipinski definition) is 0. The quantitative estimate of drug-likeness (QED) is 0.162. The van der Waals surface area contributed by atoms with Crippen LogP contribution in [0.1, 0.15) is 27.8 Å². The third-order valence-corrected chi connectivity index (χ3v) is 12.2. The molecule has 0 bridgehead atoms. The van der Waals surface area contributed by atoms with Crippen LogP contribution in [0.2, 0.25) is 0 Å². The molecular formula is C57H37N3. The van der Waals surface area contributed by atoms with E-state index in [-0.39, 0.29) is 0 Å². The van der Waals surface area contributed by atoms with Gasteiger partial charge in [0.2, 0.25) is 0 Å². The van der Waals surface area contributed by atoms with Gasteiger partial charge in [-0.25, -0.2) is 4.98 Å². The molecule has 0 saturated heterocycles. The Morgan fingerprint density at radius 2 is 0.917 bits per heavy atom. The Labute approximate surface area is 349 Å². The van der Waals surface area contributed by atoms with E-state index in [9.17, 15) is 5.26 Å². The molecule has 1 aliphatic rings. The maximum Gasteiger partial charge on any atom is 0.145 e. The Balaban J connectivity index is 1.13. The molecule has 0 radical (unpaired) electrons. The van der Waals surface area contributed by atoms with Gasteiger partial charge in [0, 0.05) is 11.3 Å². The third kappa shape index (κ3) is 5.62. The maximum absolute atomic E-state index is 9.40. The highest BCUT2D eigenvalue weighted by molar-refractivity contribution is 5.95. The van der Waals surface area contributed by atoms with E-state index in [1.165, 1.54) is 33.4 Å². The highest BCUT2D eigenvalue weighted by Crippen LogP contribution is 2.58. The summed E-state index contributed by atoms with van der Waals surface area (Å²) in [6.45, 7) is 0. The molecule has 1 aliphatic carbocycles. The van der Waals surface area contributed by atoms with Gasteiger partial charge < -0.3 is 0 Å². The summed E-state index contributed by atoms with van der Waals surface area (Å²) in [4.78, 5) is 5.10. The molecule has 1 heterocycles. The number of fused-ring (bicyclic) bond motifs is 4. The van der Waals surface area contributed by atoms with Crippen LogP contribution in [0, 0.1) is 11.3 Å². The van der Waals surface area contributed by atoms with E-state index in [2.05, 4.69) is 199 Å². The Hall–Kier alpha value is -8.06. The molecule has 60 heavy (non-hydrogen) atoms. The lowest BCUT2D eigenvalue weighted by Crippen LogP contribution is -2.28. The molecule has 9 aromatic carbocycles. The van der Waals surface area contributed by atoms with Crippen molar-refractivity contribution in [2.75, 3.05) is 0 Å². The number of aromatic nitrogens is 2. The second-order valence-corrected chi connectivity index (χ2v) is 15.4. The Morgan fingerprint density at radius 3 is 1.57 bits per heavy atom. The zero-order valence-corrected chi connectivity index (χ0v) is 32.7. The van der Waals surface area contributed by atoms with E-state index in [1.54, 1.807) is 0 Å². The van der Waals surface area contributed by atoms with Crippen LogP contribution in [-0.4, -0.2) is 9.55 Å². The minimum Gasteiger partial charge on any atom is -0.292 e. The van der Waals surface area contributed by atoms with Crippen molar-refractivity contribution in [2.45, 2.75) is 5.41 Å². The van der Waals surface area contributed by atoms with Gasteiger partial charge in [0.25, 0.3) is 0 Å². The van der Waals surface area contributed by atoms with Crippen LogP contribution < -0.4 is 0 Å². The van der Waals surface area contributed by atoms with E-state index in [0.717, 1.165) is 61.5 Å². The minimum absolute atomic E-state index is 0.523. The van der Waals surface area contributed by atoms with Crippen molar-refractivity contribution in [2.24, 2.45) is 0 Å². The van der Waals surface area contributed by atoms with Gasteiger partial charge in [-0.15, -0.1) is 0 Å². The summed E-state index contributed by atoms with van der Waals surface area (Å²) in [6.07, 6.45) is 0. The predicted molar refractivity (Wildman–Crippen MR) is 245 cm³/mol. The first-order valence-electron chi connectivity index (χ1n) is 20.3. The van der Waals surface area contributed by atoms with Gasteiger partial charge in [-0.3, -0.25) is 4.57 Å². The van der Waals surface area contributed by atoms with Crippen LogP contribution in [-0.2, 0) is 5.41 Å². The first kappa shape index (κ1) is 35.1. The van der Waals surface area contributed by atoms with Crippen LogP contribution in [0.4, 0.5) is 0 Å². The molecule has 0 spiro atoms. The van der Waals surface area contributed by atoms with Gasteiger partial charge in [-0.05, 0) is 115 Å². The number of rotatable bonds is 7. The number of nitrogens with zero attached hydrogens (tertiary/aromatic N) is 3. The van der Waals surface area contributed by atoms with E-state index in [1.807, 2.05) is 36.4 Å². The Morgan fingerprint density at radius 1 is 0.400 bits per heavy atom. The molecule has 0 saturated carbocycles. The second kappa shape index (κ2) is 14.4. The number of imidazole rings is 1. The van der Waals surface area contributed by atoms with E-state index in [0.29, 0.717) is 5.56 Å². The summed E-state index contributed by atoms with van der Waals surface area (Å²) in [5.74, 6) is 0.917. The van der Waals surface area contributed by atoms with Crippen molar-refractivity contribution in [1.82, 2.24) is 9.55 Å². The summed E-state index contributed by atoms with van der Waals surface area (Å²) in [6, 6.07) is 82.5. The molecule has 11 rings (SSSR count). The molecule has 10 aromatic rings. The molecule has 1 aromatic heterocycles. The Bertz CT molecular complexity index is 3170. The Kier molecular flexibility index (Phi) is 8.43. The van der Waals surface area contributed by atoms with E-state index >= 15 is 0 Å². The zero-order valence-electron chi connectivity index (χ0n) is 32.7. The molecule has 0 N–H and O–H groups in total. The first-order valence-corrected chi connectivity index (χ1v) is 20.3. The first-order chi connectivity index (χ1) is 29.7. The SMILES string of the molecule is N#Cc1ccc(-c2ccc(-c3cc4c(cc3-c3ccc(-n5c(-c6ccccc6)nc6ccccc65)cc3)-c3ccccc3C4(c3ccccc3)c3ccccc3)cc2)cc1. The average molecular weight is 764 g/mol. The summed E-state index contributed by atoms with van der Waals surface area (Å²) < 4.78 is 2.27. The normalized spacial score (nSPS) is 12.4. The van der Waals surface area contributed by atoms with Gasteiger partial charge >= 0.3 is 0 Å². The maximum atomic E-state index is 9.40. The summed E-state index contributed by atoms with van der Waals surface area (Å²) in [7, 11) is 0. The van der Waals surface area contributed by atoms with E-state index in [4.69, 9.17) is 4.98 Å². The third-order valence-electron chi connectivity index (χ3n) is 12.2. The van der Waals surface area contributed by atoms with Crippen molar-refractivity contribution in [3.8, 4) is 67.7 Å². The van der Waals surface area contributed by atoms with Crippen LogP contribution in [0.5, 0.6) is 0 Å². The van der Waals surface area contributed by atoms with Crippen molar-refractivity contribution in [3.63, 3.8) is 0 Å². The second-order valence-electron chi connectivity index (χ2n) is 15.4. The topological polar surface area (TPSA) is 41.6 Å². The summed E-state index contributed by atoms with van der Waals surface area (Å²) in [5, 5.41) is 9.40. The summed E-state index contributed by atoms with van der Waals surface area (Å²) >= 11 is 0. The summed E-state index contributed by atoms with van der Waals surface area (Å²) in [5.41, 5.74) is 18.6. The fourth-order valence-electron chi connectivity index (χ4n) is 9.40. The lowest BCUT2D eigenvalue weighted by atomic mass is 9.67. The van der Waals surface area contributed by atoms with Crippen LogP contribution in [0.25, 0.3) is 72.6 Å². The van der Waals surface area contributed by atoms with Gasteiger partial charge in [-0.2, -0.15) is 5.26 Å². The van der Waals surface area contributed by atoms with Crippen LogP contribution in [0.15, 0.2) is 224 Å². The number of hydrogen-bond acceptors (Lipinski definition) is 2. The van der Waals surface area contributed by atoms with Crippen LogP contribution >= 0.6 is 0 Å². The van der Waals surface area contributed by atoms with Crippen LogP contribution in [0.3, 0.4) is 0 Å². The predicted octanol–water partition coefficient (Wildman–Crippen LogP) is 13.9. The van der Waals surface area contributed by atoms with E-state index < -0.39 is 5.41 Å². The molecular weight excluding hydrogens is 727 g/mol. The molecule has 0 aliphatic heterocycles. The molecule has 0 fully saturated rings. The zero-order chi connectivity index (χ0) is 40.0. The molecule has 0 amide bonds. The van der Waals surface area contributed by atoms with Crippen molar-refractivity contribution in [1.29, 1.82) is 5.26 Å². The highest BCUT2D eigenvalue weighted by atomic mass is 15.1. The van der Waals surface area contributed by atoms with Gasteiger partial charge in [-0.1, -0.05) is 176 Å². The fraction of sp³-hybridized carbons (Fsp3) is 0.0175. The fourth-order valence-corrected chi connectivity index (χ4v) is 9.40. The van der Waals surface area contributed by atoms with Gasteiger partial charge in [0.1, 0.15) is 5.82 Å². The lowest BCUT2D eigenvalue weighted by molar-refractivity contribution is 0.769. The molecule has 0 unspecified atom stereocenters. The molecule has 0 atom stereocenters. The van der Waals surface area contributed by atoms with Crippen molar-refractivity contribution in [3.05, 3.63) is 252 Å². The molecule has 280 valence electrons. The lowest BCUT2D eigenvalue weighted by Gasteiger charge is -2.34. The van der Waals surface area contributed by atoms with Gasteiger partial charge in [0.15, 0.2) is 0 Å². The number of benzene rings is 9. The van der Waals surface area contributed by atoms with Crippen molar-refractivity contribution >= 4 is 11.0 Å². The largest absolute Gasteiger partial charge is 0.292 e. The number of para-hydroxylation sites is 2. The highest BCUT2D eigenvalue weighted by Gasteiger charge is 2.46. The smallest absolute Gasteiger partial charge is 0.145 e. The average Bonchev–Trinajstić information content (AvgIpc) is 3.86. The van der Waals surface area contributed by atoms with Gasteiger partial charge in [0.05, 0.1) is 28.1 Å². The monoisotopic (exact) mass is 763 g/mol. The molecule has 3 heteroatoms. The standard InChI is InChI=1S/C57H37N3/c58-38-39-24-26-40(27-25-39)41-28-30-42(31-29-41)50-37-53-51(48-20-10-11-21-52(48)57(53,45-16-6-2-7-17-45)46-18-8-3-9-19-46)36-49(50)43-32-34-47(35-33-43)60-55-23-13-12-22-54(55)59-56(60)44-14-4-1-5-15-44/h1-37H. The number of nitriles is 1.